The predicted molar refractivity (Wildman–Crippen MR) is 99.5 cm³/mol. The first-order valence-corrected chi connectivity index (χ1v) is 9.80. The largest absolute Gasteiger partial charge is 0.493 e. The Kier molecular flexibility index (Phi) is 4.86. The minimum absolute atomic E-state index is 0.288. The lowest BCUT2D eigenvalue weighted by molar-refractivity contribution is -0.182. The Hall–Kier alpha value is -1.70. The molecule has 1 aromatic carbocycles. The topological polar surface area (TPSA) is 36.9 Å². The fraction of sp³-hybridized carbons (Fsp3) is 0.636. The number of rotatable bonds is 4. The van der Waals surface area contributed by atoms with Crippen LogP contribution in [0.5, 0.6) is 11.5 Å². The van der Waals surface area contributed by atoms with Crippen LogP contribution in [0.2, 0.25) is 0 Å². The Morgan fingerprint density at radius 1 is 1.04 bits per heavy atom. The van der Waals surface area contributed by atoms with E-state index >= 15 is 0 Å². The van der Waals surface area contributed by atoms with Crippen LogP contribution in [0.4, 0.5) is 0 Å². The van der Waals surface area contributed by atoms with E-state index in [0.717, 1.165) is 55.6 Å². The van der Waals surface area contributed by atoms with Crippen molar-refractivity contribution in [2.75, 3.05) is 20.3 Å². The standard InChI is InChI=1S/C22H28O4/c1-3-21(10-12-22(13-11-21)24-14-15-25-22)17-8-9-19(23-2)20(16-17)26-18-6-4-5-7-18/h1,8-9,16,18H,4-7,10-15H2,2H3. The van der Waals surface area contributed by atoms with E-state index in [1.807, 2.05) is 6.07 Å². The maximum Gasteiger partial charge on any atom is 0.168 e. The van der Waals surface area contributed by atoms with Gasteiger partial charge in [-0.25, -0.2) is 0 Å². The van der Waals surface area contributed by atoms with Crippen molar-refractivity contribution in [1.29, 1.82) is 0 Å². The molecule has 0 bridgehead atoms. The van der Waals surface area contributed by atoms with Crippen LogP contribution >= 0.6 is 0 Å². The maximum atomic E-state index is 6.27. The highest BCUT2D eigenvalue weighted by Crippen LogP contribution is 2.47. The van der Waals surface area contributed by atoms with Gasteiger partial charge in [-0.15, -0.1) is 6.42 Å². The van der Waals surface area contributed by atoms with Crippen molar-refractivity contribution in [1.82, 2.24) is 0 Å². The zero-order chi connectivity index (χ0) is 18.0. The molecule has 4 nitrogen and oxygen atoms in total. The van der Waals surface area contributed by atoms with Gasteiger partial charge in [-0.2, -0.15) is 0 Å². The minimum atomic E-state index is -0.407. The van der Waals surface area contributed by atoms with Crippen LogP contribution in [0, 0.1) is 12.3 Å². The van der Waals surface area contributed by atoms with E-state index in [4.69, 9.17) is 25.4 Å². The zero-order valence-electron chi connectivity index (χ0n) is 15.6. The van der Waals surface area contributed by atoms with Gasteiger partial charge >= 0.3 is 0 Å². The summed E-state index contributed by atoms with van der Waals surface area (Å²) in [6, 6.07) is 6.19. The van der Waals surface area contributed by atoms with Crippen molar-refractivity contribution in [3.05, 3.63) is 23.8 Å². The summed E-state index contributed by atoms with van der Waals surface area (Å²) in [4.78, 5) is 0. The molecule has 1 spiro atoms. The van der Waals surface area contributed by atoms with Gasteiger partial charge in [0.2, 0.25) is 0 Å². The molecule has 0 atom stereocenters. The molecule has 1 aromatic rings. The van der Waals surface area contributed by atoms with Crippen LogP contribution in [-0.2, 0) is 14.9 Å². The van der Waals surface area contributed by atoms with Crippen LogP contribution in [0.15, 0.2) is 18.2 Å². The number of terminal acetylenes is 1. The van der Waals surface area contributed by atoms with E-state index in [1.165, 1.54) is 12.8 Å². The lowest BCUT2D eigenvalue weighted by Gasteiger charge is -2.41. The highest BCUT2D eigenvalue weighted by molar-refractivity contribution is 5.48. The molecule has 0 radical (unpaired) electrons. The number of methoxy groups -OCH3 is 1. The van der Waals surface area contributed by atoms with Crippen molar-refractivity contribution in [2.45, 2.75) is 68.7 Å². The second kappa shape index (κ2) is 7.13. The molecule has 1 saturated heterocycles. The molecule has 4 heteroatoms. The highest BCUT2D eigenvalue weighted by atomic mass is 16.7. The summed E-state index contributed by atoms with van der Waals surface area (Å²) in [6.07, 6.45) is 14.4. The molecule has 140 valence electrons. The molecule has 26 heavy (non-hydrogen) atoms. The van der Waals surface area contributed by atoms with Crippen molar-refractivity contribution in [3.8, 4) is 23.8 Å². The molecule has 0 N–H and O–H groups in total. The van der Waals surface area contributed by atoms with Crippen LogP contribution in [0.25, 0.3) is 0 Å². The molecule has 3 aliphatic rings. The van der Waals surface area contributed by atoms with Gasteiger partial charge in [0.1, 0.15) is 0 Å². The van der Waals surface area contributed by atoms with E-state index < -0.39 is 5.79 Å². The first-order chi connectivity index (χ1) is 12.7. The first kappa shape index (κ1) is 17.7. The monoisotopic (exact) mass is 356 g/mol. The number of benzene rings is 1. The fourth-order valence-corrected chi connectivity index (χ4v) is 4.61. The van der Waals surface area contributed by atoms with Gasteiger partial charge in [0.05, 0.1) is 31.8 Å². The quantitative estimate of drug-likeness (QED) is 0.758. The molecule has 0 aromatic heterocycles. The summed E-state index contributed by atoms with van der Waals surface area (Å²) in [6.45, 7) is 1.37. The third-order valence-corrected chi connectivity index (χ3v) is 6.27. The SMILES string of the molecule is C#CC1(c2ccc(OC)c(OC3CCCC3)c2)CCC2(CC1)OCCO2. The summed E-state index contributed by atoms with van der Waals surface area (Å²) in [5, 5.41) is 0. The molecular formula is C22H28O4. The van der Waals surface area contributed by atoms with E-state index in [0.29, 0.717) is 13.2 Å². The smallest absolute Gasteiger partial charge is 0.168 e. The molecule has 4 rings (SSSR count). The maximum absolute atomic E-state index is 6.27. The molecule has 1 heterocycles. The van der Waals surface area contributed by atoms with Gasteiger partial charge < -0.3 is 18.9 Å². The Labute approximate surface area is 156 Å². The van der Waals surface area contributed by atoms with Crippen molar-refractivity contribution >= 4 is 0 Å². The number of hydrogen-bond donors (Lipinski definition) is 0. The molecule has 1 aliphatic heterocycles. The van der Waals surface area contributed by atoms with Gasteiger partial charge in [-0.1, -0.05) is 12.0 Å². The third kappa shape index (κ3) is 3.19. The second-order valence-electron chi connectivity index (χ2n) is 7.72. The normalized spacial score (nSPS) is 24.5. The van der Waals surface area contributed by atoms with E-state index in [2.05, 4.69) is 18.1 Å². The minimum Gasteiger partial charge on any atom is -0.493 e. The lowest BCUT2D eigenvalue weighted by atomic mass is 9.68. The van der Waals surface area contributed by atoms with Crippen molar-refractivity contribution < 1.29 is 18.9 Å². The van der Waals surface area contributed by atoms with Crippen LogP contribution in [0.1, 0.15) is 56.9 Å². The van der Waals surface area contributed by atoms with Gasteiger partial charge in [0.25, 0.3) is 0 Å². The van der Waals surface area contributed by atoms with Crippen LogP contribution < -0.4 is 9.47 Å². The summed E-state index contributed by atoms with van der Waals surface area (Å²) >= 11 is 0. The lowest BCUT2D eigenvalue weighted by Crippen LogP contribution is -2.41. The summed E-state index contributed by atoms with van der Waals surface area (Å²) in [5.74, 6) is 4.28. The molecule has 2 aliphatic carbocycles. The fourth-order valence-electron chi connectivity index (χ4n) is 4.61. The predicted octanol–water partition coefficient (Wildman–Crippen LogP) is 4.20. The average molecular weight is 356 g/mol. The van der Waals surface area contributed by atoms with E-state index in [9.17, 15) is 0 Å². The Balaban J connectivity index is 1.58. The first-order valence-electron chi connectivity index (χ1n) is 9.80. The number of ether oxygens (including phenoxy) is 4. The Bertz CT molecular complexity index is 668. The van der Waals surface area contributed by atoms with Gasteiger partial charge in [-0.05, 0) is 56.2 Å². The summed E-state index contributed by atoms with van der Waals surface area (Å²) in [7, 11) is 1.69. The molecule has 0 unspecified atom stereocenters. The van der Waals surface area contributed by atoms with E-state index in [1.54, 1.807) is 7.11 Å². The van der Waals surface area contributed by atoms with Crippen molar-refractivity contribution in [2.24, 2.45) is 0 Å². The molecule has 3 fully saturated rings. The van der Waals surface area contributed by atoms with Gasteiger partial charge in [0, 0.05) is 12.8 Å². The second-order valence-corrected chi connectivity index (χ2v) is 7.72. The third-order valence-electron chi connectivity index (χ3n) is 6.27. The Morgan fingerprint density at radius 2 is 1.73 bits per heavy atom. The number of hydrogen-bond acceptors (Lipinski definition) is 4. The van der Waals surface area contributed by atoms with E-state index in [-0.39, 0.29) is 11.5 Å². The van der Waals surface area contributed by atoms with Gasteiger partial charge in [0.15, 0.2) is 17.3 Å². The molecule has 2 saturated carbocycles. The molecule has 0 amide bonds. The van der Waals surface area contributed by atoms with Crippen LogP contribution in [0.3, 0.4) is 0 Å². The van der Waals surface area contributed by atoms with Crippen LogP contribution in [-0.4, -0.2) is 32.2 Å². The zero-order valence-corrected chi connectivity index (χ0v) is 15.6. The Morgan fingerprint density at radius 3 is 2.35 bits per heavy atom. The average Bonchev–Trinajstić information content (AvgIpc) is 3.35. The van der Waals surface area contributed by atoms with Gasteiger partial charge in [-0.3, -0.25) is 0 Å². The van der Waals surface area contributed by atoms with Crippen molar-refractivity contribution in [3.63, 3.8) is 0 Å². The molecular weight excluding hydrogens is 328 g/mol. The summed E-state index contributed by atoms with van der Waals surface area (Å²) < 4.78 is 23.5. The summed E-state index contributed by atoms with van der Waals surface area (Å²) in [5.41, 5.74) is 0.849. The highest BCUT2D eigenvalue weighted by Gasteiger charge is 2.46.